The Morgan fingerprint density at radius 3 is 2.81 bits per heavy atom. The maximum Gasteiger partial charge on any atom is 0.252 e. The van der Waals surface area contributed by atoms with E-state index < -0.39 is 0 Å². The lowest BCUT2D eigenvalue weighted by Gasteiger charge is -2.31. The number of aromatic amines is 1. The SMILES string of the molecule is CC1CCN(c2ccc(C(=O)NCCc3c[nH]c4ccccc34)cn2)CC1. The lowest BCUT2D eigenvalue weighted by molar-refractivity contribution is 0.0954. The summed E-state index contributed by atoms with van der Waals surface area (Å²) in [5.74, 6) is 1.70. The molecule has 0 unspecified atom stereocenters. The molecule has 0 atom stereocenters. The van der Waals surface area contributed by atoms with Gasteiger partial charge in [-0.15, -0.1) is 0 Å². The first-order chi connectivity index (χ1) is 13.2. The summed E-state index contributed by atoms with van der Waals surface area (Å²) in [6.45, 7) is 5.00. The van der Waals surface area contributed by atoms with E-state index in [0.29, 0.717) is 12.1 Å². The molecule has 5 heteroatoms. The van der Waals surface area contributed by atoms with Crippen LogP contribution in [0.4, 0.5) is 5.82 Å². The number of aromatic nitrogens is 2. The summed E-state index contributed by atoms with van der Waals surface area (Å²) >= 11 is 0. The molecule has 0 saturated carbocycles. The summed E-state index contributed by atoms with van der Waals surface area (Å²) in [5.41, 5.74) is 2.97. The van der Waals surface area contributed by atoms with Crippen molar-refractivity contribution in [2.24, 2.45) is 5.92 Å². The topological polar surface area (TPSA) is 61.0 Å². The van der Waals surface area contributed by atoms with Crippen LogP contribution in [-0.4, -0.2) is 35.5 Å². The molecule has 0 aliphatic carbocycles. The standard InChI is InChI=1S/C22H26N4O/c1-16-9-12-26(13-10-16)21-7-6-18(15-25-21)22(27)23-11-8-17-14-24-20-5-3-2-4-19(17)20/h2-7,14-16,24H,8-13H2,1H3,(H,23,27). The second-order valence-corrected chi connectivity index (χ2v) is 7.44. The van der Waals surface area contributed by atoms with E-state index >= 15 is 0 Å². The molecule has 27 heavy (non-hydrogen) atoms. The Kier molecular flexibility index (Phi) is 5.10. The molecule has 2 aromatic heterocycles. The molecule has 1 saturated heterocycles. The number of piperidine rings is 1. The first-order valence-corrected chi connectivity index (χ1v) is 9.75. The number of carbonyl (C=O) groups is 1. The van der Waals surface area contributed by atoms with Crippen LogP contribution in [0.3, 0.4) is 0 Å². The van der Waals surface area contributed by atoms with Crippen LogP contribution in [0.15, 0.2) is 48.8 Å². The minimum absolute atomic E-state index is 0.0684. The Bertz CT molecular complexity index is 907. The number of pyridine rings is 1. The normalized spacial score (nSPS) is 15.2. The quantitative estimate of drug-likeness (QED) is 0.726. The van der Waals surface area contributed by atoms with Gasteiger partial charge in [0.1, 0.15) is 5.82 Å². The first kappa shape index (κ1) is 17.6. The van der Waals surface area contributed by atoms with Crippen molar-refractivity contribution in [3.8, 4) is 0 Å². The fraction of sp³-hybridized carbons (Fsp3) is 0.364. The van der Waals surface area contributed by atoms with Crippen LogP contribution in [-0.2, 0) is 6.42 Å². The number of nitrogens with one attached hydrogen (secondary N) is 2. The number of carbonyl (C=O) groups excluding carboxylic acids is 1. The van der Waals surface area contributed by atoms with Crippen molar-refractivity contribution in [3.63, 3.8) is 0 Å². The third kappa shape index (κ3) is 3.97. The number of benzene rings is 1. The number of fused-ring (bicyclic) bond motifs is 1. The fourth-order valence-electron chi connectivity index (χ4n) is 3.70. The van der Waals surface area contributed by atoms with E-state index in [1.165, 1.54) is 23.8 Å². The lowest BCUT2D eigenvalue weighted by Crippen LogP contribution is -2.33. The molecule has 3 aromatic rings. The Balaban J connectivity index is 1.32. The zero-order valence-electron chi connectivity index (χ0n) is 15.7. The molecular weight excluding hydrogens is 336 g/mol. The number of H-pyrrole nitrogens is 1. The second kappa shape index (κ2) is 7.82. The van der Waals surface area contributed by atoms with Crippen molar-refractivity contribution < 1.29 is 4.79 Å². The fourth-order valence-corrected chi connectivity index (χ4v) is 3.70. The molecule has 5 nitrogen and oxygen atoms in total. The maximum absolute atomic E-state index is 12.4. The van der Waals surface area contributed by atoms with Gasteiger partial charge in [0.2, 0.25) is 0 Å². The summed E-state index contributed by atoms with van der Waals surface area (Å²) in [6.07, 6.45) is 6.92. The van der Waals surface area contributed by atoms with Crippen molar-refractivity contribution in [1.29, 1.82) is 0 Å². The summed E-state index contributed by atoms with van der Waals surface area (Å²) in [6, 6.07) is 12.1. The third-order valence-electron chi connectivity index (χ3n) is 5.47. The molecule has 1 aliphatic rings. The van der Waals surface area contributed by atoms with Crippen molar-refractivity contribution in [1.82, 2.24) is 15.3 Å². The van der Waals surface area contributed by atoms with Crippen LogP contribution in [0.2, 0.25) is 0 Å². The number of nitrogens with zero attached hydrogens (tertiary/aromatic N) is 2. The van der Waals surface area contributed by atoms with Crippen LogP contribution in [0.5, 0.6) is 0 Å². The predicted molar refractivity (Wildman–Crippen MR) is 109 cm³/mol. The largest absolute Gasteiger partial charge is 0.361 e. The van der Waals surface area contributed by atoms with Gasteiger partial charge in [-0.05, 0) is 48.9 Å². The van der Waals surface area contributed by atoms with Crippen molar-refractivity contribution in [3.05, 3.63) is 59.9 Å². The average Bonchev–Trinajstić information content (AvgIpc) is 3.12. The van der Waals surface area contributed by atoms with Crippen LogP contribution in [0.25, 0.3) is 10.9 Å². The highest BCUT2D eigenvalue weighted by Crippen LogP contribution is 2.21. The number of hydrogen-bond donors (Lipinski definition) is 2. The van der Waals surface area contributed by atoms with Crippen molar-refractivity contribution in [2.75, 3.05) is 24.5 Å². The third-order valence-corrected chi connectivity index (χ3v) is 5.47. The predicted octanol–water partition coefficient (Wildman–Crippen LogP) is 3.77. The Labute approximate surface area is 159 Å². The number of amides is 1. The summed E-state index contributed by atoms with van der Waals surface area (Å²) < 4.78 is 0. The molecule has 1 fully saturated rings. The van der Waals surface area contributed by atoms with E-state index in [4.69, 9.17) is 0 Å². The van der Waals surface area contributed by atoms with Gasteiger partial charge in [-0.2, -0.15) is 0 Å². The average molecular weight is 362 g/mol. The van der Waals surface area contributed by atoms with E-state index in [-0.39, 0.29) is 5.91 Å². The van der Waals surface area contributed by atoms with Crippen molar-refractivity contribution in [2.45, 2.75) is 26.2 Å². The van der Waals surface area contributed by atoms with Gasteiger partial charge in [0.05, 0.1) is 5.56 Å². The van der Waals surface area contributed by atoms with Gasteiger partial charge in [0, 0.05) is 42.9 Å². The molecule has 1 amide bonds. The lowest BCUT2D eigenvalue weighted by atomic mass is 9.99. The number of anilines is 1. The summed E-state index contributed by atoms with van der Waals surface area (Å²) in [4.78, 5) is 22.5. The summed E-state index contributed by atoms with van der Waals surface area (Å²) in [5, 5.41) is 4.22. The van der Waals surface area contributed by atoms with Gasteiger partial charge in [0.25, 0.3) is 5.91 Å². The molecule has 0 spiro atoms. The van der Waals surface area contributed by atoms with Gasteiger partial charge in [-0.25, -0.2) is 4.98 Å². The van der Waals surface area contributed by atoms with Gasteiger partial charge >= 0.3 is 0 Å². The molecule has 1 aromatic carbocycles. The first-order valence-electron chi connectivity index (χ1n) is 9.75. The van der Waals surface area contributed by atoms with Gasteiger partial charge in [0.15, 0.2) is 0 Å². The number of hydrogen-bond acceptors (Lipinski definition) is 3. The maximum atomic E-state index is 12.4. The smallest absolute Gasteiger partial charge is 0.252 e. The molecule has 1 aliphatic heterocycles. The Morgan fingerprint density at radius 1 is 1.22 bits per heavy atom. The zero-order chi connectivity index (χ0) is 18.6. The monoisotopic (exact) mass is 362 g/mol. The highest BCUT2D eigenvalue weighted by atomic mass is 16.1. The molecule has 3 heterocycles. The van der Waals surface area contributed by atoms with Crippen molar-refractivity contribution >= 4 is 22.6 Å². The summed E-state index contributed by atoms with van der Waals surface area (Å²) in [7, 11) is 0. The molecule has 2 N–H and O–H groups in total. The van der Waals surface area contributed by atoms with E-state index in [9.17, 15) is 4.79 Å². The van der Waals surface area contributed by atoms with E-state index in [2.05, 4.69) is 39.2 Å². The minimum atomic E-state index is -0.0684. The molecular formula is C22H26N4O. The Hall–Kier alpha value is -2.82. The van der Waals surface area contributed by atoms with Gasteiger partial charge in [-0.3, -0.25) is 4.79 Å². The number of para-hydroxylation sites is 1. The molecule has 0 radical (unpaired) electrons. The highest BCUT2D eigenvalue weighted by molar-refractivity contribution is 5.94. The van der Waals surface area contributed by atoms with Gasteiger partial charge in [-0.1, -0.05) is 25.1 Å². The van der Waals surface area contributed by atoms with E-state index in [1.807, 2.05) is 30.5 Å². The second-order valence-electron chi connectivity index (χ2n) is 7.44. The molecule has 0 bridgehead atoms. The molecule has 140 valence electrons. The van der Waals surface area contributed by atoms with Crippen LogP contribution < -0.4 is 10.2 Å². The van der Waals surface area contributed by atoms with Crippen LogP contribution >= 0.6 is 0 Å². The van der Waals surface area contributed by atoms with E-state index in [1.54, 1.807) is 6.20 Å². The van der Waals surface area contributed by atoms with Crippen LogP contribution in [0.1, 0.15) is 35.7 Å². The van der Waals surface area contributed by atoms with E-state index in [0.717, 1.165) is 36.8 Å². The molecule has 4 rings (SSSR count). The van der Waals surface area contributed by atoms with Crippen LogP contribution in [0, 0.1) is 5.92 Å². The highest BCUT2D eigenvalue weighted by Gasteiger charge is 2.17. The minimum Gasteiger partial charge on any atom is -0.361 e. The van der Waals surface area contributed by atoms with Gasteiger partial charge < -0.3 is 15.2 Å². The zero-order valence-corrected chi connectivity index (χ0v) is 15.7. The Morgan fingerprint density at radius 2 is 2.04 bits per heavy atom. The number of rotatable bonds is 5.